The molecule has 15 amide bonds. The lowest BCUT2D eigenvalue weighted by atomic mass is 10.00. The van der Waals surface area contributed by atoms with Crippen molar-refractivity contribution in [1.82, 2.24) is 84.7 Å². The number of phenols is 2. The monoisotopic (exact) mass is 1870 g/mol. The number of carbonyl (C=O) groups excluding carboxylic acids is 14. The highest BCUT2D eigenvalue weighted by Crippen LogP contribution is 2.39. The first-order chi connectivity index (χ1) is 56.7. The maximum absolute atomic E-state index is 15.4. The number of urea groups is 1. The molecular formula is C71H108IN23O21S4. The summed E-state index contributed by atoms with van der Waals surface area (Å²) in [5.41, 5.74) is 28.9. The summed E-state index contributed by atoms with van der Waals surface area (Å²) in [4.78, 5) is 231. The number of rotatable bonds is 30. The van der Waals surface area contributed by atoms with Gasteiger partial charge in [-0.25, -0.2) is 9.59 Å². The zero-order chi connectivity index (χ0) is 89.1. The number of primary amides is 1. The molecule has 32 N–H and O–H groups in total. The lowest BCUT2D eigenvalue weighted by molar-refractivity contribution is -0.146. The first kappa shape index (κ1) is 100. The number of guanidine groups is 2. The van der Waals surface area contributed by atoms with Crippen LogP contribution in [0.25, 0.3) is 0 Å². The summed E-state index contributed by atoms with van der Waals surface area (Å²) >= 11 is 1.83. The second-order valence-electron chi connectivity index (χ2n) is 28.8. The summed E-state index contributed by atoms with van der Waals surface area (Å²) in [6.45, 7) is 2.57. The zero-order valence-corrected chi connectivity index (χ0v) is 71.4. The van der Waals surface area contributed by atoms with Crippen LogP contribution < -0.4 is 108 Å². The van der Waals surface area contributed by atoms with Gasteiger partial charge in [-0.05, 0) is 156 Å². The summed E-state index contributed by atoms with van der Waals surface area (Å²) in [6.07, 6.45) is -5.44. The number of carbonyl (C=O) groups is 16. The molecule has 2 aromatic carbocycles. The number of fused-ring (bicyclic) bond motifs is 9. The first-order valence-electron chi connectivity index (χ1n) is 38.2. The van der Waals surface area contributed by atoms with Crippen LogP contribution in [-0.4, -0.2) is 283 Å². The number of amides is 15. The number of aliphatic carboxylic acids is 2. The SMILES string of the molecule is C[C@@H](O)[C@@H]1NC(=O)[C@H]2NC(=O)[C@H](NC(=O)CN)CSSC[C@H](NC(=O)[C@H](CCCNC(=N)N)NC(=O)[C@@H]3CCCN3C(=O)[C@H](CC(=O)O)NC1=O)C(=O)N[C@@H](CCCNC(=N)N)C(=O)N[C@@H](Cc1ccc(O)c(I)c1)C(=O)N[C@@H](CCCN)C(=O)N[C@H](C(=O)N[C@H](CC(=O)N[C@@H](CCCNC(N)=O)C(=O)O)Cc1ccc(O)cc1)CSSC2(C)C. The second kappa shape index (κ2) is 50.2. The Hall–Kier alpha value is -10.1. The smallest absolute Gasteiger partial charge is 0.326 e. The molecule has 3 fully saturated rings. The number of aromatic hydroxyl groups is 2. The number of hydrogen-bond donors (Lipinski definition) is 27. The Kier molecular flexibility index (Phi) is 42.0. The van der Waals surface area contributed by atoms with Crippen molar-refractivity contribution in [2.45, 2.75) is 200 Å². The normalized spacial score (nSPS) is 23.7. The van der Waals surface area contributed by atoms with Crippen molar-refractivity contribution in [2.24, 2.45) is 28.7 Å². The van der Waals surface area contributed by atoms with Crippen molar-refractivity contribution in [3.8, 4) is 11.5 Å². The third-order valence-corrected chi connectivity index (χ3v) is 25.3. The van der Waals surface area contributed by atoms with Crippen LogP contribution >= 0.6 is 65.8 Å². The summed E-state index contributed by atoms with van der Waals surface area (Å²) in [7, 11) is 3.13. The number of nitrogens with zero attached hydrogens (tertiary/aromatic N) is 1. The largest absolute Gasteiger partial charge is 0.508 e. The predicted octanol–water partition coefficient (Wildman–Crippen LogP) is -6.13. The molecule has 5 rings (SSSR count). The van der Waals surface area contributed by atoms with E-state index in [9.17, 15) is 63.9 Å². The third-order valence-electron chi connectivity index (χ3n) is 18.8. The van der Waals surface area contributed by atoms with Gasteiger partial charge < -0.3 is 139 Å². The Morgan fingerprint density at radius 3 is 1.78 bits per heavy atom. The van der Waals surface area contributed by atoms with Crippen molar-refractivity contribution in [2.75, 3.05) is 56.5 Å². The zero-order valence-electron chi connectivity index (χ0n) is 66.0. The molecule has 3 saturated heterocycles. The van der Waals surface area contributed by atoms with Crippen molar-refractivity contribution in [3.05, 3.63) is 57.2 Å². The molecule has 44 nitrogen and oxygen atoms in total. The number of hydrogen-bond acceptors (Lipinski definition) is 27. The van der Waals surface area contributed by atoms with E-state index in [4.69, 9.17) is 39.5 Å². The standard InChI is InChI=1S/C71H108IN23O21S4/c1-34(96)54-64(111)90-45(29-53(101)102)66(113)95-24-8-13-49(95)63(110)88-42(11-6-22-81-69(77)78)58(105)91-47-32-118-117-31-46(85-52(100)30-74)62(109)94-55(65(112)93-54)71(2,3)120-119-33-48(60(107)83-37(25-35-14-17-38(97)18-15-35)28-51(99)84-43(67(114)115)12-7-23-82-70(79)116)92-57(104)40(9-4-20-73)86-59(106)44(27-36-16-19-50(98)39(72)26-36)89-56(103)41(87-61(47)108)10-5-21-80-68(75)76/h14-19,26,34,37,40-49,54-55,96-98H,4-13,20-25,27-33,73-74H2,1-3H3,(H,83,107)(H,84,99)(H,85,100)(H,86,106)(H,87,108)(H,88,110)(H,89,103)(H,90,111)(H,91,105)(H,92,104)(H,93,112)(H,94,109)(H,101,102)(H,114,115)(H4,75,76,80)(H4,77,78,81)(H3,79,82,116)/t34-,37+,40+,41+,42+,43+,44+,45+,46-,47+,48+,49+,54+,55-/m1/s1. The molecule has 3 aliphatic heterocycles. The first-order valence-corrected chi connectivity index (χ1v) is 44.0. The highest BCUT2D eigenvalue weighted by molar-refractivity contribution is 14.1. The fourth-order valence-electron chi connectivity index (χ4n) is 12.5. The maximum atomic E-state index is 15.4. The summed E-state index contributed by atoms with van der Waals surface area (Å²) < 4.78 is -1.49. The number of halogens is 1. The average molecular weight is 1870 g/mol. The fraction of sp³-hybridized carbons (Fsp3) is 0.577. The van der Waals surface area contributed by atoms with Crippen molar-refractivity contribution in [1.29, 1.82) is 10.8 Å². The number of phenolic OH excluding ortho intramolecular Hbond substituents is 2. The van der Waals surface area contributed by atoms with Gasteiger partial charge in [0, 0.05) is 67.1 Å². The topological polar surface area (TPSA) is 736 Å². The maximum Gasteiger partial charge on any atom is 0.326 e. The molecule has 0 aliphatic carbocycles. The van der Waals surface area contributed by atoms with Gasteiger partial charge in [0.25, 0.3) is 0 Å². The van der Waals surface area contributed by atoms with Crippen molar-refractivity contribution < 1.29 is 102 Å². The van der Waals surface area contributed by atoms with Crippen LogP contribution in [0.5, 0.6) is 11.5 Å². The Bertz CT molecular complexity index is 3990. The van der Waals surface area contributed by atoms with Crippen LogP contribution in [0.2, 0.25) is 0 Å². The van der Waals surface area contributed by atoms with Gasteiger partial charge >= 0.3 is 18.0 Å². The molecule has 2 bridgehead atoms. The highest BCUT2D eigenvalue weighted by atomic mass is 127. The summed E-state index contributed by atoms with van der Waals surface area (Å²) in [5.74, 6) is -20.1. The minimum Gasteiger partial charge on any atom is -0.508 e. The minimum absolute atomic E-state index is 0.00518. The number of carboxylic acid groups (broad SMARTS) is 2. The van der Waals surface area contributed by atoms with E-state index in [0.29, 0.717) is 14.7 Å². The van der Waals surface area contributed by atoms with Gasteiger partial charge in [-0.3, -0.25) is 77.9 Å². The van der Waals surface area contributed by atoms with Crippen LogP contribution in [0.1, 0.15) is 109 Å². The van der Waals surface area contributed by atoms with Crippen LogP contribution in [-0.2, 0) is 84.8 Å². The molecular weight excluding hydrogens is 1770 g/mol. The number of aliphatic hydroxyl groups is 1. The predicted molar refractivity (Wildman–Crippen MR) is 452 cm³/mol. The summed E-state index contributed by atoms with van der Waals surface area (Å²) in [5, 5.41) is 107. The van der Waals surface area contributed by atoms with Gasteiger partial charge in [0.05, 0.1) is 22.6 Å². The second-order valence-corrected chi connectivity index (χ2v) is 35.5. The molecule has 664 valence electrons. The number of benzene rings is 2. The molecule has 0 saturated carbocycles. The Morgan fingerprint density at radius 2 is 1.19 bits per heavy atom. The number of aliphatic hydroxyl groups excluding tert-OH is 1. The van der Waals surface area contributed by atoms with E-state index in [1.807, 2.05) is 22.6 Å². The van der Waals surface area contributed by atoms with Gasteiger partial charge in [0.2, 0.25) is 76.8 Å². The molecule has 0 unspecified atom stereocenters. The van der Waals surface area contributed by atoms with Gasteiger partial charge in [-0.2, -0.15) is 0 Å². The number of nitrogens with one attached hydrogen (secondary N) is 17. The van der Waals surface area contributed by atoms with E-state index >= 15 is 38.4 Å². The van der Waals surface area contributed by atoms with Gasteiger partial charge in [-0.1, -0.05) is 61.4 Å². The molecule has 0 aromatic heterocycles. The Labute approximate surface area is 719 Å². The van der Waals surface area contributed by atoms with E-state index in [0.717, 1.165) is 55.0 Å². The van der Waals surface area contributed by atoms with E-state index in [2.05, 4.69) is 79.8 Å². The lowest BCUT2D eigenvalue weighted by Gasteiger charge is -2.35. The van der Waals surface area contributed by atoms with Crippen molar-refractivity contribution in [3.63, 3.8) is 0 Å². The van der Waals surface area contributed by atoms with E-state index in [1.165, 1.54) is 56.3 Å². The molecule has 3 aliphatic rings. The molecule has 14 atom stereocenters. The molecule has 3 heterocycles. The molecule has 120 heavy (non-hydrogen) atoms. The molecule has 49 heteroatoms. The Morgan fingerprint density at radius 1 is 0.625 bits per heavy atom. The van der Waals surface area contributed by atoms with Crippen LogP contribution in [0, 0.1) is 14.4 Å². The molecule has 0 radical (unpaired) electrons. The minimum atomic E-state index is -2.12. The third kappa shape index (κ3) is 34.2. The van der Waals surface area contributed by atoms with E-state index in [1.54, 1.807) is 0 Å². The van der Waals surface area contributed by atoms with Crippen molar-refractivity contribution >= 4 is 172 Å². The van der Waals surface area contributed by atoms with Crippen LogP contribution in [0.15, 0.2) is 42.5 Å². The number of nitrogens with two attached hydrogens (primary N) is 5. The van der Waals surface area contributed by atoms with Gasteiger partial charge in [0.1, 0.15) is 84.0 Å². The highest BCUT2D eigenvalue weighted by Gasteiger charge is 2.45. The average Bonchev–Trinajstić information content (AvgIpc) is 0.954. The number of carboxylic acids is 2. The van der Waals surface area contributed by atoms with E-state index in [-0.39, 0.29) is 115 Å². The summed E-state index contributed by atoms with van der Waals surface area (Å²) in [6, 6.07) is -13.5. The quantitative estimate of drug-likeness (QED) is 0.0114. The van der Waals surface area contributed by atoms with E-state index < -0.39 is 239 Å². The molecule has 0 spiro atoms. The lowest BCUT2D eigenvalue weighted by Crippen LogP contribution is -2.64. The van der Waals surface area contributed by atoms with Gasteiger partial charge in [0.15, 0.2) is 11.9 Å². The van der Waals surface area contributed by atoms with Gasteiger partial charge in [-0.15, -0.1) is 0 Å². The van der Waals surface area contributed by atoms with Crippen LogP contribution in [0.3, 0.4) is 0 Å². The fourth-order valence-corrected chi connectivity index (χ4v) is 18.2. The Balaban J connectivity index is 1.82. The van der Waals surface area contributed by atoms with Crippen LogP contribution in [0.4, 0.5) is 4.79 Å². The molecule has 2 aromatic rings.